The van der Waals surface area contributed by atoms with E-state index in [9.17, 15) is 17.6 Å². The molecular weight excluding hydrogens is 531 g/mol. The van der Waals surface area contributed by atoms with Gasteiger partial charge in [-0.2, -0.15) is 0 Å². The van der Waals surface area contributed by atoms with Gasteiger partial charge in [-0.25, -0.2) is 17.6 Å². The molecule has 0 saturated carbocycles. The maximum atomic E-state index is 14.0. The van der Waals surface area contributed by atoms with Crippen molar-refractivity contribution in [3.8, 4) is 17.0 Å². The molecule has 0 unspecified atom stereocenters. The number of halogens is 1. The lowest BCUT2D eigenvalue weighted by atomic mass is 9.87. The molecule has 0 aliphatic rings. The Morgan fingerprint density at radius 3 is 2.38 bits per heavy atom. The Morgan fingerprint density at radius 2 is 1.70 bits per heavy atom. The second kappa shape index (κ2) is 10.5. The van der Waals surface area contributed by atoms with Gasteiger partial charge in [0.25, 0.3) is 10.0 Å². The van der Waals surface area contributed by atoms with E-state index in [1.807, 2.05) is 42.5 Å². The fourth-order valence-electron chi connectivity index (χ4n) is 4.25. The molecule has 204 valence electrons. The van der Waals surface area contributed by atoms with E-state index in [0.29, 0.717) is 22.2 Å². The number of sulfonamides is 1. The minimum atomic E-state index is -3.87. The van der Waals surface area contributed by atoms with Crippen molar-refractivity contribution < 1.29 is 22.3 Å². The lowest BCUT2D eigenvalue weighted by molar-refractivity contribution is 0.214. The van der Waals surface area contributed by atoms with E-state index in [2.05, 4.69) is 40.8 Å². The van der Waals surface area contributed by atoms with Crippen LogP contribution in [0, 0.1) is 5.82 Å². The first-order valence-electron chi connectivity index (χ1n) is 12.4. The van der Waals surface area contributed by atoms with Crippen molar-refractivity contribution in [2.45, 2.75) is 31.1 Å². The molecular formula is C30H27FN4O4S. The molecule has 8 nitrogen and oxygen atoms in total. The van der Waals surface area contributed by atoms with E-state index in [1.165, 1.54) is 12.3 Å². The average molecular weight is 559 g/mol. The van der Waals surface area contributed by atoms with Gasteiger partial charge in [0.15, 0.2) is 5.82 Å². The summed E-state index contributed by atoms with van der Waals surface area (Å²) in [6.07, 6.45) is 1.42. The number of pyridine rings is 1. The molecule has 2 aromatic heterocycles. The van der Waals surface area contributed by atoms with Gasteiger partial charge in [0, 0.05) is 22.8 Å². The molecule has 0 saturated heterocycles. The van der Waals surface area contributed by atoms with E-state index in [4.69, 9.17) is 4.74 Å². The topological polar surface area (TPSA) is 113 Å². The minimum Gasteiger partial charge on any atom is -0.392 e. The molecule has 0 spiro atoms. The summed E-state index contributed by atoms with van der Waals surface area (Å²) in [6, 6.07) is 22.3. The van der Waals surface area contributed by atoms with Gasteiger partial charge in [-0.3, -0.25) is 15.0 Å². The number of nitrogens with zero attached hydrogens (tertiary/aromatic N) is 1. The highest BCUT2D eigenvalue weighted by atomic mass is 32.2. The number of H-pyrrole nitrogens is 1. The molecule has 5 aromatic rings. The SMILES string of the molecule is CC(C)(C)c1ccc(S(=O)(=O)Nc2ccc3[nH]c(OC(=O)Nc4ccncc4F)c(-c4ccccc4)c3c2)cc1. The number of amides is 1. The molecule has 40 heavy (non-hydrogen) atoms. The maximum Gasteiger partial charge on any atom is 0.418 e. The van der Waals surface area contributed by atoms with Crippen LogP contribution in [0.25, 0.3) is 22.0 Å². The standard InChI is InChI=1S/C30H27FN4O4S/c1-30(2,3)20-9-12-22(13-10-20)40(37,38)35-21-11-14-25-23(17-21)27(19-7-5-4-6-8-19)28(33-25)39-29(36)34-26-15-16-32-18-24(26)31/h4-18,33,35H,1-3H3,(H,32,34,36). The van der Waals surface area contributed by atoms with Crippen molar-refractivity contribution >= 4 is 38.4 Å². The lowest BCUT2D eigenvalue weighted by Crippen LogP contribution is -2.18. The predicted octanol–water partition coefficient (Wildman–Crippen LogP) is 7.08. The number of hydrogen-bond acceptors (Lipinski definition) is 5. The average Bonchev–Trinajstić information content (AvgIpc) is 3.26. The smallest absolute Gasteiger partial charge is 0.392 e. The second-order valence-electron chi connectivity index (χ2n) is 10.2. The highest BCUT2D eigenvalue weighted by Crippen LogP contribution is 2.39. The van der Waals surface area contributed by atoms with Crippen LogP contribution in [0.5, 0.6) is 5.88 Å². The van der Waals surface area contributed by atoms with Crippen LogP contribution in [0.2, 0.25) is 0 Å². The fraction of sp³-hybridized carbons (Fsp3) is 0.133. The summed E-state index contributed by atoms with van der Waals surface area (Å²) in [5.41, 5.74) is 3.04. The van der Waals surface area contributed by atoms with E-state index in [-0.39, 0.29) is 21.9 Å². The van der Waals surface area contributed by atoms with Crippen molar-refractivity contribution in [3.05, 3.63) is 103 Å². The van der Waals surface area contributed by atoms with Crippen LogP contribution in [-0.2, 0) is 15.4 Å². The summed E-state index contributed by atoms with van der Waals surface area (Å²) in [6.45, 7) is 6.18. The van der Waals surface area contributed by atoms with Gasteiger partial charge in [-0.15, -0.1) is 0 Å². The Labute approximate surface area is 231 Å². The van der Waals surface area contributed by atoms with Crippen LogP contribution in [0.3, 0.4) is 0 Å². The molecule has 2 heterocycles. The summed E-state index contributed by atoms with van der Waals surface area (Å²) in [4.78, 5) is 19.5. The Kier molecular flexibility index (Phi) is 7.03. The summed E-state index contributed by atoms with van der Waals surface area (Å²) >= 11 is 0. The van der Waals surface area contributed by atoms with Crippen molar-refractivity contribution in [1.82, 2.24) is 9.97 Å². The molecule has 0 aliphatic carbocycles. The Balaban J connectivity index is 1.48. The van der Waals surface area contributed by atoms with Crippen molar-refractivity contribution in [2.24, 2.45) is 0 Å². The summed E-state index contributed by atoms with van der Waals surface area (Å²) in [5.74, 6) is -0.588. The molecule has 3 aromatic carbocycles. The van der Waals surface area contributed by atoms with Crippen molar-refractivity contribution in [3.63, 3.8) is 0 Å². The predicted molar refractivity (Wildman–Crippen MR) is 154 cm³/mol. The highest BCUT2D eigenvalue weighted by Gasteiger charge is 2.21. The number of anilines is 2. The molecule has 5 rings (SSSR count). The third kappa shape index (κ3) is 5.67. The van der Waals surface area contributed by atoms with Crippen molar-refractivity contribution in [1.29, 1.82) is 0 Å². The number of carbonyl (C=O) groups excluding carboxylic acids is 1. The number of benzene rings is 3. The number of carbonyl (C=O) groups is 1. The van der Waals surface area contributed by atoms with E-state index >= 15 is 0 Å². The first-order chi connectivity index (χ1) is 19.0. The number of rotatable bonds is 6. The molecule has 3 N–H and O–H groups in total. The number of nitrogens with one attached hydrogen (secondary N) is 3. The Morgan fingerprint density at radius 1 is 0.975 bits per heavy atom. The zero-order valence-corrected chi connectivity index (χ0v) is 22.8. The van der Waals surface area contributed by atoms with Gasteiger partial charge in [0.1, 0.15) is 0 Å². The van der Waals surface area contributed by atoms with Crippen LogP contribution in [0.1, 0.15) is 26.3 Å². The van der Waals surface area contributed by atoms with Gasteiger partial charge in [-0.1, -0.05) is 63.2 Å². The van der Waals surface area contributed by atoms with E-state index in [0.717, 1.165) is 17.3 Å². The molecule has 0 radical (unpaired) electrons. The van der Waals surface area contributed by atoms with Gasteiger partial charge in [-0.05, 0) is 52.9 Å². The van der Waals surface area contributed by atoms with Crippen LogP contribution < -0.4 is 14.8 Å². The number of aromatic nitrogens is 2. The minimum absolute atomic E-state index is 0.0791. The van der Waals surface area contributed by atoms with Crippen LogP contribution in [0.15, 0.2) is 96.2 Å². The number of fused-ring (bicyclic) bond motifs is 1. The molecule has 0 atom stereocenters. The van der Waals surface area contributed by atoms with Crippen LogP contribution in [-0.4, -0.2) is 24.5 Å². The van der Waals surface area contributed by atoms with E-state index in [1.54, 1.807) is 30.3 Å². The van der Waals surface area contributed by atoms with E-state index < -0.39 is 21.9 Å². The highest BCUT2D eigenvalue weighted by molar-refractivity contribution is 7.92. The van der Waals surface area contributed by atoms with Gasteiger partial charge < -0.3 is 9.72 Å². The second-order valence-corrected chi connectivity index (χ2v) is 11.9. The largest absolute Gasteiger partial charge is 0.418 e. The Bertz CT molecular complexity index is 1800. The monoisotopic (exact) mass is 558 g/mol. The zero-order valence-electron chi connectivity index (χ0n) is 22.0. The van der Waals surface area contributed by atoms with Crippen LogP contribution >= 0.6 is 0 Å². The first kappa shape index (κ1) is 26.9. The maximum absolute atomic E-state index is 14.0. The lowest BCUT2D eigenvalue weighted by Gasteiger charge is -2.19. The number of hydrogen-bond donors (Lipinski definition) is 3. The molecule has 1 amide bonds. The molecule has 0 fully saturated rings. The zero-order chi connectivity index (χ0) is 28.5. The first-order valence-corrected chi connectivity index (χ1v) is 13.9. The van der Waals surface area contributed by atoms with Gasteiger partial charge in [0.2, 0.25) is 5.88 Å². The van der Waals surface area contributed by atoms with Crippen molar-refractivity contribution in [2.75, 3.05) is 10.0 Å². The quantitative estimate of drug-likeness (QED) is 0.206. The summed E-state index contributed by atoms with van der Waals surface area (Å²) in [5, 5.41) is 2.99. The number of ether oxygens (including phenoxy) is 1. The summed E-state index contributed by atoms with van der Waals surface area (Å²) < 4.78 is 48.5. The summed E-state index contributed by atoms with van der Waals surface area (Å²) in [7, 11) is -3.87. The van der Waals surface area contributed by atoms with Gasteiger partial charge in [0.05, 0.1) is 22.3 Å². The number of aromatic amines is 1. The molecule has 0 aliphatic heterocycles. The fourth-order valence-corrected chi connectivity index (χ4v) is 5.30. The molecule has 0 bridgehead atoms. The van der Waals surface area contributed by atoms with Gasteiger partial charge >= 0.3 is 6.09 Å². The normalized spacial score (nSPS) is 11.8. The Hall–Kier alpha value is -4.70. The van der Waals surface area contributed by atoms with Crippen LogP contribution in [0.4, 0.5) is 20.6 Å². The third-order valence-electron chi connectivity index (χ3n) is 6.31. The third-order valence-corrected chi connectivity index (χ3v) is 7.71. The molecule has 10 heteroatoms.